The van der Waals surface area contributed by atoms with E-state index in [-0.39, 0.29) is 13.0 Å². The van der Waals surface area contributed by atoms with Gasteiger partial charge in [-0.1, -0.05) is 13.3 Å². The zero-order valence-electron chi connectivity index (χ0n) is 17.2. The summed E-state index contributed by atoms with van der Waals surface area (Å²) < 4.78 is 20.4. The molecule has 0 aliphatic carbocycles. The zero-order chi connectivity index (χ0) is 20.4. The van der Waals surface area contributed by atoms with Gasteiger partial charge in [-0.15, -0.1) is 0 Å². The fourth-order valence-corrected chi connectivity index (χ4v) is 1.86. The number of carbonyl (C=O) groups excluding carboxylic acids is 3. The molecule has 7 nitrogen and oxygen atoms in total. The van der Waals surface area contributed by atoms with Gasteiger partial charge in [0.25, 0.3) is 0 Å². The van der Waals surface area contributed by atoms with Gasteiger partial charge >= 0.3 is 18.1 Å². The van der Waals surface area contributed by atoms with Gasteiger partial charge in [0.05, 0.1) is 13.2 Å². The van der Waals surface area contributed by atoms with Crippen molar-refractivity contribution in [3.05, 3.63) is 0 Å². The molecule has 0 N–H and O–H groups in total. The van der Waals surface area contributed by atoms with E-state index in [1.807, 2.05) is 6.92 Å². The van der Waals surface area contributed by atoms with Crippen molar-refractivity contribution in [2.45, 2.75) is 85.4 Å². The lowest BCUT2D eigenvalue weighted by Gasteiger charge is -2.26. The second-order valence-corrected chi connectivity index (χ2v) is 8.06. The van der Waals surface area contributed by atoms with Gasteiger partial charge in [0, 0.05) is 0 Å². The van der Waals surface area contributed by atoms with Gasteiger partial charge in [0.1, 0.15) is 11.2 Å². The van der Waals surface area contributed by atoms with Crippen LogP contribution in [0.4, 0.5) is 4.79 Å². The van der Waals surface area contributed by atoms with Gasteiger partial charge in [-0.3, -0.25) is 9.59 Å². The van der Waals surface area contributed by atoms with Gasteiger partial charge in [-0.05, 0) is 60.8 Å². The third-order valence-corrected chi connectivity index (χ3v) is 2.96. The van der Waals surface area contributed by atoms with Crippen LogP contribution in [0, 0.1) is 5.92 Å². The van der Waals surface area contributed by atoms with Gasteiger partial charge in [0.15, 0.2) is 5.92 Å². The maximum Gasteiger partial charge on any atom is 0.508 e. The van der Waals surface area contributed by atoms with Gasteiger partial charge in [-0.25, -0.2) is 4.79 Å². The van der Waals surface area contributed by atoms with E-state index < -0.39 is 35.2 Å². The van der Waals surface area contributed by atoms with Crippen LogP contribution in [0.15, 0.2) is 0 Å². The number of rotatable bonds is 9. The summed E-state index contributed by atoms with van der Waals surface area (Å²) in [5, 5.41) is 0. The predicted molar refractivity (Wildman–Crippen MR) is 96.6 cm³/mol. The molecule has 0 fully saturated rings. The van der Waals surface area contributed by atoms with Crippen molar-refractivity contribution in [3.63, 3.8) is 0 Å². The van der Waals surface area contributed by atoms with E-state index in [4.69, 9.17) is 18.9 Å². The Labute approximate surface area is 156 Å². The first-order valence-corrected chi connectivity index (χ1v) is 9.11. The maximum atomic E-state index is 12.3. The number of unbranched alkanes of at least 4 members (excludes halogenated alkanes) is 1. The average Bonchev–Trinajstić information content (AvgIpc) is 2.43. The molecule has 0 saturated heterocycles. The highest BCUT2D eigenvalue weighted by Gasteiger charge is 2.34. The van der Waals surface area contributed by atoms with Crippen LogP contribution >= 0.6 is 0 Å². The van der Waals surface area contributed by atoms with E-state index in [0.717, 1.165) is 12.8 Å². The van der Waals surface area contributed by atoms with Crippen LogP contribution < -0.4 is 0 Å². The molecule has 0 bridgehead atoms. The van der Waals surface area contributed by atoms with E-state index in [1.165, 1.54) is 0 Å². The van der Waals surface area contributed by atoms with Crippen LogP contribution in [0.3, 0.4) is 0 Å². The van der Waals surface area contributed by atoms with Crippen LogP contribution in [-0.2, 0) is 28.5 Å². The summed E-state index contributed by atoms with van der Waals surface area (Å²) in [6.45, 7) is 12.7. The van der Waals surface area contributed by atoms with Crippen LogP contribution in [0.5, 0.6) is 0 Å². The molecular formula is C19H34O7. The molecule has 0 spiro atoms. The first-order valence-electron chi connectivity index (χ1n) is 9.11. The Morgan fingerprint density at radius 1 is 0.769 bits per heavy atom. The summed E-state index contributed by atoms with van der Waals surface area (Å²) in [6.07, 6.45) is 1.41. The summed E-state index contributed by atoms with van der Waals surface area (Å²) >= 11 is 0. The van der Waals surface area contributed by atoms with Crippen LogP contribution in [0.25, 0.3) is 0 Å². The molecule has 0 aromatic carbocycles. The normalized spacial score (nSPS) is 11.8. The molecule has 0 amide bonds. The van der Waals surface area contributed by atoms with E-state index in [2.05, 4.69) is 0 Å². The molecule has 0 rings (SSSR count). The number of hydrogen-bond donors (Lipinski definition) is 0. The SMILES string of the molecule is CCCCOC(=O)OCCCC(C(=O)OC(C)(C)C)C(=O)OC(C)(C)C. The standard InChI is InChI=1S/C19H34O7/c1-8-9-12-23-17(22)24-13-10-11-14(15(20)25-18(2,3)4)16(21)26-19(5,6)7/h14H,8-13H2,1-7H3. The molecule has 0 aliphatic rings. The number of hydrogen-bond acceptors (Lipinski definition) is 7. The summed E-state index contributed by atoms with van der Waals surface area (Å²) in [5.74, 6) is -2.34. The maximum absolute atomic E-state index is 12.3. The Morgan fingerprint density at radius 3 is 1.58 bits per heavy atom. The second kappa shape index (κ2) is 11.0. The Balaban J connectivity index is 4.60. The third-order valence-electron chi connectivity index (χ3n) is 2.96. The molecule has 7 heteroatoms. The topological polar surface area (TPSA) is 88.1 Å². The molecule has 0 aromatic rings. The fourth-order valence-electron chi connectivity index (χ4n) is 1.86. The minimum Gasteiger partial charge on any atom is -0.459 e. The minimum atomic E-state index is -1.06. The smallest absolute Gasteiger partial charge is 0.459 e. The van der Waals surface area contributed by atoms with Crippen molar-refractivity contribution in [1.82, 2.24) is 0 Å². The molecule has 0 aliphatic heterocycles. The first kappa shape index (κ1) is 24.2. The molecule has 0 saturated carbocycles. The molecule has 0 unspecified atom stereocenters. The van der Waals surface area contributed by atoms with Crippen molar-refractivity contribution in [2.24, 2.45) is 5.92 Å². The van der Waals surface area contributed by atoms with E-state index in [0.29, 0.717) is 13.0 Å². The predicted octanol–water partition coefficient (Wildman–Crippen LogP) is 4.02. The van der Waals surface area contributed by atoms with Crippen LogP contribution in [0.1, 0.15) is 74.1 Å². The van der Waals surface area contributed by atoms with Crippen LogP contribution in [0.2, 0.25) is 0 Å². The Hall–Kier alpha value is -1.79. The van der Waals surface area contributed by atoms with Gasteiger partial charge in [0.2, 0.25) is 0 Å². The van der Waals surface area contributed by atoms with Gasteiger partial charge < -0.3 is 18.9 Å². The van der Waals surface area contributed by atoms with E-state index in [9.17, 15) is 14.4 Å². The lowest BCUT2D eigenvalue weighted by Crippen LogP contribution is -2.37. The molecule has 0 atom stereocenters. The molecule has 0 radical (unpaired) electrons. The van der Waals surface area contributed by atoms with E-state index >= 15 is 0 Å². The van der Waals surface area contributed by atoms with Crippen molar-refractivity contribution in [2.75, 3.05) is 13.2 Å². The molecule has 0 heterocycles. The number of esters is 2. The van der Waals surface area contributed by atoms with Gasteiger partial charge in [-0.2, -0.15) is 0 Å². The Bertz CT molecular complexity index is 429. The average molecular weight is 374 g/mol. The Kier molecular flexibility index (Phi) is 10.3. The lowest BCUT2D eigenvalue weighted by molar-refractivity contribution is -0.174. The third kappa shape index (κ3) is 12.6. The van der Waals surface area contributed by atoms with Crippen molar-refractivity contribution < 1.29 is 33.3 Å². The monoisotopic (exact) mass is 374 g/mol. The highest BCUT2D eigenvalue weighted by Crippen LogP contribution is 2.20. The summed E-state index contributed by atoms with van der Waals surface area (Å²) in [4.78, 5) is 36.0. The zero-order valence-corrected chi connectivity index (χ0v) is 17.2. The largest absolute Gasteiger partial charge is 0.508 e. The van der Waals surface area contributed by atoms with E-state index in [1.54, 1.807) is 41.5 Å². The second-order valence-electron chi connectivity index (χ2n) is 8.06. The molecule has 152 valence electrons. The Morgan fingerprint density at radius 2 is 1.19 bits per heavy atom. The van der Waals surface area contributed by atoms with Crippen molar-refractivity contribution >= 4 is 18.1 Å². The lowest BCUT2D eigenvalue weighted by atomic mass is 10.0. The quantitative estimate of drug-likeness (QED) is 0.261. The number of carbonyl (C=O) groups is 3. The molecular weight excluding hydrogens is 340 g/mol. The number of ether oxygens (including phenoxy) is 4. The highest BCUT2D eigenvalue weighted by atomic mass is 16.7. The molecule has 0 aromatic heterocycles. The van der Waals surface area contributed by atoms with Crippen molar-refractivity contribution in [1.29, 1.82) is 0 Å². The van der Waals surface area contributed by atoms with Crippen molar-refractivity contribution in [3.8, 4) is 0 Å². The summed E-state index contributed by atoms with van der Waals surface area (Å²) in [7, 11) is 0. The molecule has 26 heavy (non-hydrogen) atoms. The summed E-state index contributed by atoms with van der Waals surface area (Å²) in [6, 6.07) is 0. The fraction of sp³-hybridized carbons (Fsp3) is 0.842. The minimum absolute atomic E-state index is 0.0487. The highest BCUT2D eigenvalue weighted by molar-refractivity contribution is 5.95. The summed E-state index contributed by atoms with van der Waals surface area (Å²) in [5.41, 5.74) is -1.42. The first-order chi connectivity index (χ1) is 11.9. The van der Waals surface area contributed by atoms with Crippen LogP contribution in [-0.4, -0.2) is 42.5 Å².